The Balaban J connectivity index is 2.38. The largest absolute Gasteiger partial charge is 0.506 e. The predicted octanol–water partition coefficient (Wildman–Crippen LogP) is 2.54. The second-order valence-corrected chi connectivity index (χ2v) is 4.78. The fraction of sp³-hybridized carbons (Fsp3) is 0.462. The van der Waals surface area contributed by atoms with Crippen LogP contribution in [0.2, 0.25) is 0 Å². The number of aromatic hydroxyl groups is 1. The fourth-order valence-electron chi connectivity index (χ4n) is 1.24. The minimum atomic E-state index is -0.241. The maximum absolute atomic E-state index is 11.5. The van der Waals surface area contributed by atoms with Gasteiger partial charge in [0.1, 0.15) is 5.75 Å². The molecule has 0 spiro atoms. The van der Waals surface area contributed by atoms with Gasteiger partial charge in [-0.1, -0.05) is 12.1 Å². The van der Waals surface area contributed by atoms with Crippen LogP contribution in [0.3, 0.4) is 0 Å². The molecule has 0 bridgehead atoms. The van der Waals surface area contributed by atoms with Gasteiger partial charge in [-0.3, -0.25) is 4.79 Å². The molecule has 0 atom stereocenters. The van der Waals surface area contributed by atoms with Crippen LogP contribution in [0.5, 0.6) is 5.75 Å². The van der Waals surface area contributed by atoms with Crippen molar-refractivity contribution >= 4 is 11.6 Å². The Hall–Kier alpha value is -1.55. The number of rotatable bonds is 4. The zero-order valence-electron chi connectivity index (χ0n) is 10.5. The molecule has 0 heterocycles. The van der Waals surface area contributed by atoms with Crippen molar-refractivity contribution in [1.82, 2.24) is 0 Å². The molecule has 94 valence electrons. The van der Waals surface area contributed by atoms with Gasteiger partial charge in [-0.2, -0.15) is 0 Å². The Morgan fingerprint density at radius 2 is 2.00 bits per heavy atom. The molecule has 4 heteroatoms. The third-order valence-corrected chi connectivity index (χ3v) is 2.04. The highest BCUT2D eigenvalue weighted by molar-refractivity contribution is 5.92. The number of anilines is 1. The molecular weight excluding hydrogens is 218 g/mol. The molecule has 1 aromatic rings. The number of carbonyl (C=O) groups is 1. The maximum atomic E-state index is 11.5. The minimum Gasteiger partial charge on any atom is -0.506 e. The molecule has 2 N–H and O–H groups in total. The van der Waals surface area contributed by atoms with Gasteiger partial charge in [0.05, 0.1) is 24.3 Å². The molecule has 0 aliphatic heterocycles. The Labute approximate surface area is 102 Å². The normalized spacial score (nSPS) is 11.2. The summed E-state index contributed by atoms with van der Waals surface area (Å²) in [5.74, 6) is -0.103. The number of phenolic OH excluding ortho intramolecular Hbond substituents is 1. The molecule has 1 amide bonds. The summed E-state index contributed by atoms with van der Waals surface area (Å²) < 4.78 is 5.44. The summed E-state index contributed by atoms with van der Waals surface area (Å²) in [6.07, 6.45) is 0.269. The van der Waals surface area contributed by atoms with Gasteiger partial charge in [0.25, 0.3) is 0 Å². The van der Waals surface area contributed by atoms with Crippen LogP contribution in [-0.2, 0) is 9.53 Å². The van der Waals surface area contributed by atoms with Gasteiger partial charge in [0.15, 0.2) is 0 Å². The number of para-hydroxylation sites is 2. The van der Waals surface area contributed by atoms with Crippen molar-refractivity contribution in [3.8, 4) is 5.75 Å². The lowest BCUT2D eigenvalue weighted by atomic mass is 10.2. The zero-order valence-corrected chi connectivity index (χ0v) is 10.5. The standard InChI is InChI=1S/C13H19NO3/c1-13(2,3)17-9-8-12(16)14-10-6-4-5-7-11(10)15/h4-7,15H,8-9H2,1-3H3,(H,14,16). The van der Waals surface area contributed by atoms with E-state index in [1.165, 1.54) is 6.07 Å². The van der Waals surface area contributed by atoms with Crippen LogP contribution >= 0.6 is 0 Å². The maximum Gasteiger partial charge on any atom is 0.226 e. The van der Waals surface area contributed by atoms with Crippen LogP contribution in [0, 0.1) is 0 Å². The van der Waals surface area contributed by atoms with E-state index in [-0.39, 0.29) is 23.7 Å². The number of benzene rings is 1. The lowest BCUT2D eigenvalue weighted by molar-refractivity contribution is -0.118. The van der Waals surface area contributed by atoms with Crippen LogP contribution in [0.15, 0.2) is 24.3 Å². The van der Waals surface area contributed by atoms with Gasteiger partial charge in [0, 0.05) is 0 Å². The lowest BCUT2D eigenvalue weighted by Gasteiger charge is -2.19. The van der Waals surface area contributed by atoms with E-state index in [0.717, 1.165) is 0 Å². The van der Waals surface area contributed by atoms with Crippen molar-refractivity contribution in [2.24, 2.45) is 0 Å². The number of hydrogen-bond donors (Lipinski definition) is 2. The third kappa shape index (κ3) is 5.36. The Bertz CT molecular complexity index is 382. The smallest absolute Gasteiger partial charge is 0.226 e. The molecule has 0 fully saturated rings. The highest BCUT2D eigenvalue weighted by atomic mass is 16.5. The van der Waals surface area contributed by atoms with E-state index in [9.17, 15) is 9.90 Å². The van der Waals surface area contributed by atoms with Crippen molar-refractivity contribution in [1.29, 1.82) is 0 Å². The lowest BCUT2D eigenvalue weighted by Crippen LogP contribution is -2.22. The van der Waals surface area contributed by atoms with Crippen LogP contribution in [0.25, 0.3) is 0 Å². The van der Waals surface area contributed by atoms with Gasteiger partial charge in [-0.05, 0) is 32.9 Å². The Morgan fingerprint density at radius 1 is 1.35 bits per heavy atom. The van der Waals surface area contributed by atoms with Crippen molar-refractivity contribution in [3.63, 3.8) is 0 Å². The first-order valence-corrected chi connectivity index (χ1v) is 5.60. The molecule has 0 radical (unpaired) electrons. The van der Waals surface area contributed by atoms with Crippen LogP contribution in [-0.4, -0.2) is 23.2 Å². The highest BCUT2D eigenvalue weighted by Crippen LogP contribution is 2.21. The van der Waals surface area contributed by atoms with Crippen molar-refractivity contribution in [2.75, 3.05) is 11.9 Å². The van der Waals surface area contributed by atoms with Crippen molar-refractivity contribution in [3.05, 3.63) is 24.3 Å². The molecule has 4 nitrogen and oxygen atoms in total. The summed E-state index contributed by atoms with van der Waals surface area (Å²) in [7, 11) is 0. The summed E-state index contributed by atoms with van der Waals surface area (Å²) in [6, 6.07) is 6.63. The third-order valence-electron chi connectivity index (χ3n) is 2.04. The van der Waals surface area contributed by atoms with Crippen LogP contribution in [0.1, 0.15) is 27.2 Å². The topological polar surface area (TPSA) is 58.6 Å². The van der Waals surface area contributed by atoms with E-state index >= 15 is 0 Å². The quantitative estimate of drug-likeness (QED) is 0.791. The monoisotopic (exact) mass is 237 g/mol. The zero-order chi connectivity index (χ0) is 12.9. The van der Waals surface area contributed by atoms with Gasteiger partial charge >= 0.3 is 0 Å². The van der Waals surface area contributed by atoms with E-state index in [4.69, 9.17) is 4.74 Å². The van der Waals surface area contributed by atoms with Gasteiger partial charge in [-0.15, -0.1) is 0 Å². The summed E-state index contributed by atoms with van der Waals surface area (Å²) >= 11 is 0. The fourth-order valence-corrected chi connectivity index (χ4v) is 1.24. The predicted molar refractivity (Wildman–Crippen MR) is 67.1 cm³/mol. The molecular formula is C13H19NO3. The molecule has 1 rings (SSSR count). The highest BCUT2D eigenvalue weighted by Gasteiger charge is 2.11. The summed E-state index contributed by atoms with van der Waals surface area (Å²) in [5, 5.41) is 12.1. The number of phenols is 1. The summed E-state index contributed by atoms with van der Waals surface area (Å²) in [5.41, 5.74) is 0.183. The van der Waals surface area contributed by atoms with Crippen LogP contribution < -0.4 is 5.32 Å². The summed E-state index contributed by atoms with van der Waals surface area (Å²) in [6.45, 7) is 6.18. The van der Waals surface area contributed by atoms with Gasteiger partial charge in [0.2, 0.25) is 5.91 Å². The molecule has 0 unspecified atom stereocenters. The molecule has 0 saturated carbocycles. The SMILES string of the molecule is CC(C)(C)OCCC(=O)Nc1ccccc1O. The van der Waals surface area contributed by atoms with Gasteiger partial charge in [-0.25, -0.2) is 0 Å². The molecule has 0 saturated heterocycles. The summed E-state index contributed by atoms with van der Waals surface area (Å²) in [4.78, 5) is 11.5. The van der Waals surface area contributed by atoms with E-state index < -0.39 is 0 Å². The first kappa shape index (κ1) is 13.5. The average Bonchev–Trinajstić information content (AvgIpc) is 2.19. The second kappa shape index (κ2) is 5.68. The van der Waals surface area contributed by atoms with E-state index in [2.05, 4.69) is 5.32 Å². The number of nitrogens with one attached hydrogen (secondary N) is 1. The molecule has 0 aliphatic rings. The number of hydrogen-bond acceptors (Lipinski definition) is 3. The second-order valence-electron chi connectivity index (χ2n) is 4.78. The Morgan fingerprint density at radius 3 is 2.59 bits per heavy atom. The van der Waals surface area contributed by atoms with Crippen LogP contribution in [0.4, 0.5) is 5.69 Å². The van der Waals surface area contributed by atoms with Gasteiger partial charge < -0.3 is 15.2 Å². The molecule has 0 aliphatic carbocycles. The number of ether oxygens (including phenoxy) is 1. The molecule has 1 aromatic carbocycles. The molecule has 17 heavy (non-hydrogen) atoms. The van der Waals surface area contributed by atoms with E-state index in [1.807, 2.05) is 20.8 Å². The molecule has 0 aromatic heterocycles. The average molecular weight is 237 g/mol. The number of carbonyl (C=O) groups excluding carboxylic acids is 1. The van der Waals surface area contributed by atoms with E-state index in [0.29, 0.717) is 12.3 Å². The Kier molecular flexibility index (Phi) is 4.52. The van der Waals surface area contributed by atoms with Crippen molar-refractivity contribution in [2.45, 2.75) is 32.8 Å². The minimum absolute atomic E-state index is 0.0672. The van der Waals surface area contributed by atoms with Crippen molar-refractivity contribution < 1.29 is 14.6 Å². The van der Waals surface area contributed by atoms with E-state index in [1.54, 1.807) is 18.2 Å². The first-order chi connectivity index (χ1) is 7.88. The number of amides is 1. The first-order valence-electron chi connectivity index (χ1n) is 5.60.